The summed E-state index contributed by atoms with van der Waals surface area (Å²) in [5.74, 6) is -0.0353. The molecule has 0 aliphatic carbocycles. The molecule has 0 radical (unpaired) electrons. The minimum atomic E-state index is -0.729. The molecule has 98 valence electrons. The molecule has 0 spiro atoms. The van der Waals surface area contributed by atoms with E-state index in [4.69, 9.17) is 0 Å². The van der Waals surface area contributed by atoms with Crippen molar-refractivity contribution in [2.45, 2.75) is 45.7 Å². The lowest BCUT2D eigenvalue weighted by Crippen LogP contribution is -2.63. The van der Waals surface area contributed by atoms with Crippen LogP contribution in [-0.2, 0) is 9.59 Å². The molecular formula is C12H23N3O2. The predicted octanol–water partition coefficient (Wildman–Crippen LogP) is 0.112. The summed E-state index contributed by atoms with van der Waals surface area (Å²) in [6.45, 7) is 9.46. The average molecular weight is 241 g/mol. The summed E-state index contributed by atoms with van der Waals surface area (Å²) in [7, 11) is 0. The van der Waals surface area contributed by atoms with Crippen LogP contribution in [0, 0.1) is 0 Å². The van der Waals surface area contributed by atoms with E-state index >= 15 is 0 Å². The van der Waals surface area contributed by atoms with E-state index in [2.05, 4.69) is 10.6 Å². The highest BCUT2D eigenvalue weighted by atomic mass is 16.2. The summed E-state index contributed by atoms with van der Waals surface area (Å²) in [5.41, 5.74) is -0.729. The first-order valence-corrected chi connectivity index (χ1v) is 6.18. The molecule has 1 rings (SSSR count). The van der Waals surface area contributed by atoms with Crippen LogP contribution in [0.5, 0.6) is 0 Å². The Morgan fingerprint density at radius 1 is 1.53 bits per heavy atom. The zero-order valence-corrected chi connectivity index (χ0v) is 11.2. The molecule has 0 aromatic heterocycles. The highest BCUT2D eigenvalue weighted by Gasteiger charge is 2.39. The van der Waals surface area contributed by atoms with E-state index in [0.29, 0.717) is 32.1 Å². The quantitative estimate of drug-likeness (QED) is 0.734. The van der Waals surface area contributed by atoms with Gasteiger partial charge in [-0.25, -0.2) is 0 Å². The summed E-state index contributed by atoms with van der Waals surface area (Å²) in [6, 6.07) is 0.375. The molecule has 0 bridgehead atoms. The van der Waals surface area contributed by atoms with Gasteiger partial charge in [0, 0.05) is 32.1 Å². The maximum atomic E-state index is 12.0. The molecule has 0 aromatic rings. The first kappa shape index (κ1) is 14.0. The number of hydrogen-bond donors (Lipinski definition) is 2. The van der Waals surface area contributed by atoms with Crippen LogP contribution in [0.2, 0.25) is 0 Å². The molecule has 2 amide bonds. The average Bonchev–Trinajstić information content (AvgIpc) is 2.21. The van der Waals surface area contributed by atoms with Gasteiger partial charge in [0.1, 0.15) is 5.54 Å². The number of carbonyl (C=O) groups is 2. The Bertz CT molecular complexity index is 300. The van der Waals surface area contributed by atoms with Crippen molar-refractivity contribution in [1.29, 1.82) is 0 Å². The number of carbonyl (C=O) groups excluding carboxylic acids is 2. The minimum absolute atomic E-state index is 0.0398. The Balaban J connectivity index is 2.53. The fraction of sp³-hybridized carbons (Fsp3) is 0.833. The minimum Gasteiger partial charge on any atom is -0.352 e. The fourth-order valence-corrected chi connectivity index (χ4v) is 1.94. The van der Waals surface area contributed by atoms with Gasteiger partial charge in [-0.1, -0.05) is 13.8 Å². The highest BCUT2D eigenvalue weighted by molar-refractivity contribution is 5.91. The van der Waals surface area contributed by atoms with Crippen LogP contribution in [0.15, 0.2) is 0 Å². The highest BCUT2D eigenvalue weighted by Crippen LogP contribution is 2.18. The summed E-state index contributed by atoms with van der Waals surface area (Å²) >= 11 is 0. The van der Waals surface area contributed by atoms with Crippen molar-refractivity contribution < 1.29 is 9.59 Å². The Kier molecular flexibility index (Phi) is 4.51. The summed E-state index contributed by atoms with van der Waals surface area (Å²) < 4.78 is 0. The number of nitrogens with one attached hydrogen (secondary N) is 2. The topological polar surface area (TPSA) is 61.4 Å². The Morgan fingerprint density at radius 2 is 2.18 bits per heavy atom. The molecule has 5 nitrogen and oxygen atoms in total. The second-order valence-corrected chi connectivity index (χ2v) is 5.22. The van der Waals surface area contributed by atoms with Crippen molar-refractivity contribution in [2.24, 2.45) is 0 Å². The van der Waals surface area contributed by atoms with Crippen LogP contribution in [0.3, 0.4) is 0 Å². The molecule has 2 N–H and O–H groups in total. The van der Waals surface area contributed by atoms with Gasteiger partial charge in [0.25, 0.3) is 0 Å². The molecular weight excluding hydrogens is 218 g/mol. The Morgan fingerprint density at radius 3 is 2.76 bits per heavy atom. The van der Waals surface area contributed by atoms with Gasteiger partial charge in [-0.15, -0.1) is 0 Å². The molecule has 0 aromatic carbocycles. The zero-order chi connectivity index (χ0) is 13.1. The van der Waals surface area contributed by atoms with E-state index in [0.717, 1.165) is 0 Å². The van der Waals surface area contributed by atoms with Crippen molar-refractivity contribution in [3.05, 3.63) is 0 Å². The summed E-state index contributed by atoms with van der Waals surface area (Å²) in [4.78, 5) is 25.4. The number of rotatable bonds is 4. The van der Waals surface area contributed by atoms with E-state index in [1.54, 1.807) is 18.7 Å². The van der Waals surface area contributed by atoms with Crippen LogP contribution in [0.4, 0.5) is 0 Å². The van der Waals surface area contributed by atoms with Crippen molar-refractivity contribution in [1.82, 2.24) is 15.5 Å². The van der Waals surface area contributed by atoms with Gasteiger partial charge in [0.05, 0.1) is 0 Å². The molecule has 0 atom stereocenters. The van der Waals surface area contributed by atoms with Gasteiger partial charge in [-0.05, 0) is 13.8 Å². The van der Waals surface area contributed by atoms with Crippen molar-refractivity contribution in [2.75, 3.05) is 19.6 Å². The summed E-state index contributed by atoms with van der Waals surface area (Å²) in [6.07, 6.45) is 0.439. The summed E-state index contributed by atoms with van der Waals surface area (Å²) in [5, 5.41) is 5.99. The standard InChI is InChI=1S/C12H23N3O2/c1-9(2)13-6-5-10(16)15-8-7-14-11(17)12(15,3)4/h9,13H,5-8H2,1-4H3,(H,14,17). The van der Waals surface area contributed by atoms with Crippen molar-refractivity contribution >= 4 is 11.8 Å². The second kappa shape index (κ2) is 5.49. The number of nitrogens with zero attached hydrogens (tertiary/aromatic N) is 1. The van der Waals surface area contributed by atoms with Gasteiger partial charge in [0.2, 0.25) is 11.8 Å². The third-order valence-electron chi connectivity index (χ3n) is 3.04. The zero-order valence-electron chi connectivity index (χ0n) is 11.2. The van der Waals surface area contributed by atoms with Gasteiger partial charge in [0.15, 0.2) is 0 Å². The molecule has 5 heteroatoms. The molecule has 17 heavy (non-hydrogen) atoms. The van der Waals surface area contributed by atoms with Gasteiger partial charge >= 0.3 is 0 Å². The lowest BCUT2D eigenvalue weighted by Gasteiger charge is -2.41. The van der Waals surface area contributed by atoms with Crippen LogP contribution in [0.25, 0.3) is 0 Å². The SMILES string of the molecule is CC(C)NCCC(=O)N1CCNC(=O)C1(C)C. The van der Waals surface area contributed by atoms with Crippen LogP contribution < -0.4 is 10.6 Å². The third-order valence-corrected chi connectivity index (χ3v) is 3.04. The lowest BCUT2D eigenvalue weighted by atomic mass is 9.98. The maximum absolute atomic E-state index is 12.0. The van der Waals surface area contributed by atoms with E-state index in [1.165, 1.54) is 0 Å². The Hall–Kier alpha value is -1.10. The van der Waals surface area contributed by atoms with Crippen LogP contribution in [0.1, 0.15) is 34.1 Å². The van der Waals surface area contributed by atoms with E-state index in [-0.39, 0.29) is 11.8 Å². The monoisotopic (exact) mass is 241 g/mol. The smallest absolute Gasteiger partial charge is 0.245 e. The first-order valence-electron chi connectivity index (χ1n) is 6.18. The molecule has 1 aliphatic rings. The fourth-order valence-electron chi connectivity index (χ4n) is 1.94. The first-order chi connectivity index (χ1) is 7.85. The molecule has 1 fully saturated rings. The van der Waals surface area contributed by atoms with E-state index in [9.17, 15) is 9.59 Å². The van der Waals surface area contributed by atoms with E-state index in [1.807, 2.05) is 13.8 Å². The normalized spacial score (nSPS) is 19.4. The van der Waals surface area contributed by atoms with Crippen molar-refractivity contribution in [3.8, 4) is 0 Å². The molecule has 0 unspecified atom stereocenters. The number of amides is 2. The second-order valence-electron chi connectivity index (χ2n) is 5.22. The molecule has 1 aliphatic heterocycles. The lowest BCUT2D eigenvalue weighted by molar-refractivity contribution is -0.149. The van der Waals surface area contributed by atoms with Gasteiger partial charge in [-0.2, -0.15) is 0 Å². The number of piperazine rings is 1. The van der Waals surface area contributed by atoms with Gasteiger partial charge < -0.3 is 15.5 Å². The third kappa shape index (κ3) is 3.43. The van der Waals surface area contributed by atoms with Crippen LogP contribution >= 0.6 is 0 Å². The maximum Gasteiger partial charge on any atom is 0.245 e. The van der Waals surface area contributed by atoms with Crippen molar-refractivity contribution in [3.63, 3.8) is 0 Å². The Labute approximate surface area is 103 Å². The van der Waals surface area contributed by atoms with Gasteiger partial charge in [-0.3, -0.25) is 9.59 Å². The van der Waals surface area contributed by atoms with E-state index < -0.39 is 5.54 Å². The number of hydrogen-bond acceptors (Lipinski definition) is 3. The molecule has 0 saturated carbocycles. The molecule has 1 heterocycles. The van der Waals surface area contributed by atoms with Crippen LogP contribution in [-0.4, -0.2) is 47.9 Å². The predicted molar refractivity (Wildman–Crippen MR) is 66.6 cm³/mol. The largest absolute Gasteiger partial charge is 0.352 e. The molecule has 1 saturated heterocycles.